The number of carbonyl (C=O) groups excluding carboxylic acids is 1. The number of benzene rings is 1. The second-order valence-corrected chi connectivity index (χ2v) is 5.22. The van der Waals surface area contributed by atoms with Gasteiger partial charge >= 0.3 is 0 Å². The van der Waals surface area contributed by atoms with Crippen molar-refractivity contribution in [2.45, 2.75) is 33.2 Å². The van der Waals surface area contributed by atoms with Crippen LogP contribution < -0.4 is 5.32 Å². The van der Waals surface area contributed by atoms with Gasteiger partial charge in [0.05, 0.1) is 0 Å². The molecule has 0 unspecified atom stereocenters. The first-order valence-electron chi connectivity index (χ1n) is 7.00. The van der Waals surface area contributed by atoms with E-state index in [0.29, 0.717) is 13.0 Å². The lowest BCUT2D eigenvalue weighted by atomic mass is 10.1. The van der Waals surface area contributed by atoms with Gasteiger partial charge in [-0.15, -0.1) is 0 Å². The Morgan fingerprint density at radius 2 is 1.90 bits per heavy atom. The van der Waals surface area contributed by atoms with Gasteiger partial charge < -0.3 is 9.88 Å². The topological polar surface area (TPSA) is 34.0 Å². The van der Waals surface area contributed by atoms with Crippen LogP contribution in [0.1, 0.15) is 28.9 Å². The van der Waals surface area contributed by atoms with Crippen molar-refractivity contribution in [1.82, 2.24) is 9.88 Å². The van der Waals surface area contributed by atoms with Gasteiger partial charge in [-0.1, -0.05) is 30.3 Å². The number of aromatic nitrogens is 1. The van der Waals surface area contributed by atoms with Gasteiger partial charge in [0, 0.05) is 31.4 Å². The normalized spacial score (nSPS) is 10.6. The number of hydrogen-bond acceptors (Lipinski definition) is 1. The van der Waals surface area contributed by atoms with Crippen molar-refractivity contribution in [3.8, 4) is 0 Å². The zero-order chi connectivity index (χ0) is 14.5. The Morgan fingerprint density at radius 1 is 1.20 bits per heavy atom. The standard InChI is InChI=1S/C17H22N2O/c1-13-11-16(14(2)19(13)3)12-18-17(20)10-9-15-7-5-4-6-8-15/h4-8,11H,9-10,12H2,1-3H3,(H,18,20). The van der Waals surface area contributed by atoms with E-state index in [-0.39, 0.29) is 5.91 Å². The van der Waals surface area contributed by atoms with Crippen molar-refractivity contribution in [2.24, 2.45) is 7.05 Å². The maximum Gasteiger partial charge on any atom is 0.220 e. The first-order valence-corrected chi connectivity index (χ1v) is 7.00. The fraction of sp³-hybridized carbons (Fsp3) is 0.353. The van der Waals surface area contributed by atoms with Crippen LogP contribution >= 0.6 is 0 Å². The molecule has 0 saturated heterocycles. The predicted molar refractivity (Wildman–Crippen MR) is 81.5 cm³/mol. The Hall–Kier alpha value is -2.03. The smallest absolute Gasteiger partial charge is 0.220 e. The van der Waals surface area contributed by atoms with E-state index < -0.39 is 0 Å². The van der Waals surface area contributed by atoms with Crippen molar-refractivity contribution in [1.29, 1.82) is 0 Å². The quantitative estimate of drug-likeness (QED) is 0.890. The van der Waals surface area contributed by atoms with E-state index in [1.807, 2.05) is 25.2 Å². The van der Waals surface area contributed by atoms with Crippen LogP contribution in [0.4, 0.5) is 0 Å². The molecule has 1 amide bonds. The third-order valence-electron chi connectivity index (χ3n) is 3.84. The number of aryl methyl sites for hydroxylation is 2. The summed E-state index contributed by atoms with van der Waals surface area (Å²) in [5, 5.41) is 3.00. The Kier molecular flexibility index (Phi) is 4.61. The molecule has 2 aromatic rings. The number of amides is 1. The highest BCUT2D eigenvalue weighted by Gasteiger charge is 2.07. The third-order valence-corrected chi connectivity index (χ3v) is 3.84. The lowest BCUT2D eigenvalue weighted by Gasteiger charge is -2.06. The molecule has 20 heavy (non-hydrogen) atoms. The molecule has 0 atom stereocenters. The Balaban J connectivity index is 1.82. The highest BCUT2D eigenvalue weighted by atomic mass is 16.1. The van der Waals surface area contributed by atoms with Crippen LogP contribution in [0.15, 0.2) is 36.4 Å². The van der Waals surface area contributed by atoms with E-state index >= 15 is 0 Å². The van der Waals surface area contributed by atoms with Crippen LogP contribution in [-0.2, 0) is 24.8 Å². The fourth-order valence-electron chi connectivity index (χ4n) is 2.30. The van der Waals surface area contributed by atoms with E-state index in [1.165, 1.54) is 22.5 Å². The van der Waals surface area contributed by atoms with Gasteiger partial charge in [-0.25, -0.2) is 0 Å². The van der Waals surface area contributed by atoms with E-state index in [9.17, 15) is 4.79 Å². The largest absolute Gasteiger partial charge is 0.352 e. The molecule has 0 radical (unpaired) electrons. The fourth-order valence-corrected chi connectivity index (χ4v) is 2.30. The third kappa shape index (κ3) is 3.50. The first kappa shape index (κ1) is 14.4. The zero-order valence-corrected chi connectivity index (χ0v) is 12.4. The molecule has 0 aliphatic carbocycles. The Bertz CT molecular complexity index is 585. The van der Waals surface area contributed by atoms with Crippen LogP contribution in [0.5, 0.6) is 0 Å². The summed E-state index contributed by atoms with van der Waals surface area (Å²) in [5.41, 5.74) is 4.83. The number of rotatable bonds is 5. The number of nitrogens with one attached hydrogen (secondary N) is 1. The van der Waals surface area contributed by atoms with Crippen molar-refractivity contribution in [3.63, 3.8) is 0 Å². The molecule has 0 aliphatic rings. The summed E-state index contributed by atoms with van der Waals surface area (Å²) in [7, 11) is 2.05. The minimum Gasteiger partial charge on any atom is -0.352 e. The van der Waals surface area contributed by atoms with Crippen molar-refractivity contribution < 1.29 is 4.79 Å². The number of carbonyl (C=O) groups is 1. The van der Waals surface area contributed by atoms with E-state index in [2.05, 4.69) is 41.9 Å². The van der Waals surface area contributed by atoms with Crippen molar-refractivity contribution in [3.05, 3.63) is 58.9 Å². The van der Waals surface area contributed by atoms with Gasteiger partial charge in [-0.2, -0.15) is 0 Å². The van der Waals surface area contributed by atoms with E-state index in [4.69, 9.17) is 0 Å². The Morgan fingerprint density at radius 3 is 2.50 bits per heavy atom. The van der Waals surface area contributed by atoms with Crippen LogP contribution in [0.2, 0.25) is 0 Å². The molecule has 1 heterocycles. The molecule has 0 spiro atoms. The molecule has 1 aromatic carbocycles. The first-order chi connectivity index (χ1) is 9.58. The SMILES string of the molecule is Cc1cc(CNC(=O)CCc2ccccc2)c(C)n1C. The van der Waals surface area contributed by atoms with Gasteiger partial charge in [0.2, 0.25) is 5.91 Å². The second kappa shape index (κ2) is 6.42. The maximum atomic E-state index is 11.9. The molecule has 0 aliphatic heterocycles. The summed E-state index contributed by atoms with van der Waals surface area (Å²) >= 11 is 0. The van der Waals surface area contributed by atoms with Crippen LogP contribution in [0.25, 0.3) is 0 Å². The van der Waals surface area contributed by atoms with Gasteiger partial charge in [-0.3, -0.25) is 4.79 Å². The molecule has 0 fully saturated rings. The molecule has 3 heteroatoms. The zero-order valence-electron chi connectivity index (χ0n) is 12.4. The summed E-state index contributed by atoms with van der Waals surface area (Å²) in [6.07, 6.45) is 1.33. The van der Waals surface area contributed by atoms with E-state index in [1.54, 1.807) is 0 Å². The average Bonchev–Trinajstić information content (AvgIpc) is 2.71. The van der Waals surface area contributed by atoms with Crippen LogP contribution in [-0.4, -0.2) is 10.5 Å². The molecule has 1 N–H and O–H groups in total. The van der Waals surface area contributed by atoms with Gasteiger partial charge in [-0.05, 0) is 37.5 Å². The predicted octanol–water partition coefficient (Wildman–Crippen LogP) is 2.89. The van der Waals surface area contributed by atoms with Crippen LogP contribution in [0.3, 0.4) is 0 Å². The second-order valence-electron chi connectivity index (χ2n) is 5.22. The maximum absolute atomic E-state index is 11.9. The van der Waals surface area contributed by atoms with Crippen LogP contribution in [0, 0.1) is 13.8 Å². The molecule has 1 aromatic heterocycles. The number of hydrogen-bond donors (Lipinski definition) is 1. The lowest BCUT2D eigenvalue weighted by Crippen LogP contribution is -2.23. The minimum absolute atomic E-state index is 0.106. The monoisotopic (exact) mass is 270 g/mol. The van der Waals surface area contributed by atoms with E-state index in [0.717, 1.165) is 6.42 Å². The Labute approximate surface area is 120 Å². The summed E-state index contributed by atoms with van der Waals surface area (Å²) in [4.78, 5) is 11.9. The molecule has 0 bridgehead atoms. The average molecular weight is 270 g/mol. The highest BCUT2D eigenvalue weighted by Crippen LogP contribution is 2.12. The molecule has 106 valence electrons. The molecule has 2 rings (SSSR count). The number of nitrogens with zero attached hydrogens (tertiary/aromatic N) is 1. The molecular weight excluding hydrogens is 248 g/mol. The van der Waals surface area contributed by atoms with Gasteiger partial charge in [0.1, 0.15) is 0 Å². The van der Waals surface area contributed by atoms with Gasteiger partial charge in [0.25, 0.3) is 0 Å². The molecule has 3 nitrogen and oxygen atoms in total. The summed E-state index contributed by atoms with van der Waals surface area (Å²) < 4.78 is 2.14. The highest BCUT2D eigenvalue weighted by molar-refractivity contribution is 5.76. The van der Waals surface area contributed by atoms with Crippen molar-refractivity contribution in [2.75, 3.05) is 0 Å². The van der Waals surface area contributed by atoms with Gasteiger partial charge in [0.15, 0.2) is 0 Å². The molecular formula is C17H22N2O. The summed E-state index contributed by atoms with van der Waals surface area (Å²) in [5.74, 6) is 0.106. The molecule has 0 saturated carbocycles. The minimum atomic E-state index is 0.106. The van der Waals surface area contributed by atoms with Crippen molar-refractivity contribution >= 4 is 5.91 Å². The lowest BCUT2D eigenvalue weighted by molar-refractivity contribution is -0.121. The summed E-state index contributed by atoms with van der Waals surface area (Å²) in [6, 6.07) is 12.2. The summed E-state index contributed by atoms with van der Waals surface area (Å²) in [6.45, 7) is 4.77.